The number of rotatable bonds is 4. The summed E-state index contributed by atoms with van der Waals surface area (Å²) in [4.78, 5) is 26.3. The van der Waals surface area contributed by atoms with E-state index in [9.17, 15) is 14.7 Å². The van der Waals surface area contributed by atoms with Gasteiger partial charge in [0, 0.05) is 12.3 Å². The van der Waals surface area contributed by atoms with Crippen molar-refractivity contribution in [1.29, 1.82) is 0 Å². The predicted molar refractivity (Wildman–Crippen MR) is 119 cm³/mol. The Balaban J connectivity index is 1.38. The van der Waals surface area contributed by atoms with E-state index in [-0.39, 0.29) is 25.5 Å². The lowest BCUT2D eigenvalue weighted by atomic mass is 9.94. The van der Waals surface area contributed by atoms with Crippen LogP contribution in [-0.2, 0) is 22.5 Å². The third-order valence-electron chi connectivity index (χ3n) is 6.40. The first-order chi connectivity index (χ1) is 15.6. The van der Waals surface area contributed by atoms with Gasteiger partial charge in [0.2, 0.25) is 0 Å². The molecule has 0 aromatic heterocycles. The van der Waals surface area contributed by atoms with Gasteiger partial charge in [0.15, 0.2) is 0 Å². The fourth-order valence-electron chi connectivity index (χ4n) is 4.78. The molecular weight excluding hydrogens is 406 g/mol. The lowest BCUT2D eigenvalue weighted by Gasteiger charge is -2.34. The Morgan fingerprint density at radius 3 is 2.25 bits per heavy atom. The first-order valence-electron chi connectivity index (χ1n) is 10.6. The van der Waals surface area contributed by atoms with E-state index >= 15 is 0 Å². The van der Waals surface area contributed by atoms with Crippen molar-refractivity contribution in [1.82, 2.24) is 4.90 Å². The highest BCUT2D eigenvalue weighted by Crippen LogP contribution is 2.44. The maximum atomic E-state index is 13.1. The number of benzene rings is 3. The van der Waals surface area contributed by atoms with Gasteiger partial charge in [-0.2, -0.15) is 0 Å². The molecule has 1 atom stereocenters. The van der Waals surface area contributed by atoms with Crippen molar-refractivity contribution in [3.05, 3.63) is 89.0 Å². The van der Waals surface area contributed by atoms with Crippen LogP contribution in [0.1, 0.15) is 28.2 Å². The quantitative estimate of drug-likeness (QED) is 0.663. The minimum absolute atomic E-state index is 0.0770. The van der Waals surface area contributed by atoms with Crippen LogP contribution in [0.15, 0.2) is 66.7 Å². The molecule has 1 aliphatic heterocycles. The molecule has 6 heteroatoms. The number of fused-ring (bicyclic) bond motifs is 4. The van der Waals surface area contributed by atoms with Gasteiger partial charge in [-0.25, -0.2) is 9.59 Å². The Morgan fingerprint density at radius 2 is 1.62 bits per heavy atom. The lowest BCUT2D eigenvalue weighted by Crippen LogP contribution is -2.49. The summed E-state index contributed by atoms with van der Waals surface area (Å²) in [6.07, 6.45) is -0.383. The zero-order valence-electron chi connectivity index (χ0n) is 17.7. The number of carbonyl (C=O) groups excluding carboxylic acids is 1. The van der Waals surface area contributed by atoms with Crippen molar-refractivity contribution in [2.24, 2.45) is 0 Å². The number of nitrogens with zero attached hydrogens (tertiary/aromatic N) is 1. The van der Waals surface area contributed by atoms with E-state index < -0.39 is 18.1 Å². The Morgan fingerprint density at radius 1 is 0.969 bits per heavy atom. The molecule has 1 amide bonds. The maximum Gasteiger partial charge on any atom is 0.410 e. The summed E-state index contributed by atoms with van der Waals surface area (Å²) in [5, 5.41) is 9.75. The van der Waals surface area contributed by atoms with Gasteiger partial charge >= 0.3 is 12.1 Å². The van der Waals surface area contributed by atoms with Crippen LogP contribution in [0.2, 0.25) is 0 Å². The van der Waals surface area contributed by atoms with E-state index in [4.69, 9.17) is 9.47 Å². The Labute approximate surface area is 186 Å². The fourth-order valence-corrected chi connectivity index (χ4v) is 4.78. The van der Waals surface area contributed by atoms with E-state index in [2.05, 4.69) is 24.3 Å². The molecule has 3 aromatic rings. The van der Waals surface area contributed by atoms with E-state index in [1.54, 1.807) is 13.2 Å². The van der Waals surface area contributed by atoms with E-state index in [1.807, 2.05) is 36.4 Å². The normalized spacial score (nSPS) is 16.7. The molecule has 162 valence electrons. The number of ether oxygens (including phenoxy) is 2. The average Bonchev–Trinajstić information content (AvgIpc) is 3.15. The SMILES string of the molecule is COc1ccc2c(c1)CN(C(=O)OCC1c3ccccc3-c3ccccc31)[C@H](C(=O)O)C2. The van der Waals surface area contributed by atoms with Crippen molar-refractivity contribution < 1.29 is 24.2 Å². The van der Waals surface area contributed by atoms with Gasteiger partial charge in [0.1, 0.15) is 18.4 Å². The zero-order valence-corrected chi connectivity index (χ0v) is 17.7. The monoisotopic (exact) mass is 429 g/mol. The van der Waals surface area contributed by atoms with Crippen LogP contribution in [0, 0.1) is 0 Å². The summed E-state index contributed by atoms with van der Waals surface area (Å²) in [5.41, 5.74) is 6.30. The van der Waals surface area contributed by atoms with Crippen LogP contribution < -0.4 is 4.74 Å². The summed E-state index contributed by atoms with van der Waals surface area (Å²) in [6.45, 7) is 0.320. The smallest absolute Gasteiger partial charge is 0.410 e. The second kappa shape index (κ2) is 8.04. The summed E-state index contributed by atoms with van der Waals surface area (Å²) in [5.74, 6) is -0.447. The van der Waals surface area contributed by atoms with Crippen LogP contribution in [0.3, 0.4) is 0 Å². The second-order valence-electron chi connectivity index (χ2n) is 8.12. The number of methoxy groups -OCH3 is 1. The zero-order chi connectivity index (χ0) is 22.2. The van der Waals surface area contributed by atoms with Gasteiger partial charge in [-0.15, -0.1) is 0 Å². The average molecular weight is 429 g/mol. The summed E-state index contributed by atoms with van der Waals surface area (Å²) >= 11 is 0. The van der Waals surface area contributed by atoms with Crippen LogP contribution in [0.4, 0.5) is 4.79 Å². The van der Waals surface area contributed by atoms with Gasteiger partial charge < -0.3 is 14.6 Å². The topological polar surface area (TPSA) is 76.1 Å². The molecule has 0 fully saturated rings. The summed E-state index contributed by atoms with van der Waals surface area (Å²) in [6, 6.07) is 20.8. The number of amides is 1. The minimum Gasteiger partial charge on any atom is -0.497 e. The first-order valence-corrected chi connectivity index (χ1v) is 10.6. The van der Waals surface area contributed by atoms with Crippen molar-refractivity contribution in [3.63, 3.8) is 0 Å². The maximum absolute atomic E-state index is 13.1. The molecule has 2 aliphatic rings. The number of carboxylic acids is 1. The molecule has 1 heterocycles. The van der Waals surface area contributed by atoms with Crippen LogP contribution >= 0.6 is 0 Å². The molecule has 0 radical (unpaired) electrons. The highest BCUT2D eigenvalue weighted by molar-refractivity contribution is 5.82. The minimum atomic E-state index is -1.04. The van der Waals surface area contributed by atoms with Crippen molar-refractivity contribution in [3.8, 4) is 16.9 Å². The van der Waals surface area contributed by atoms with Gasteiger partial charge in [0.05, 0.1) is 13.7 Å². The molecule has 5 rings (SSSR count). The molecule has 1 aliphatic carbocycles. The molecule has 0 bridgehead atoms. The molecule has 0 spiro atoms. The Hall–Kier alpha value is -3.80. The van der Waals surface area contributed by atoms with E-state index in [0.717, 1.165) is 33.4 Å². The molecular formula is C26H23NO5. The molecule has 0 saturated heterocycles. The second-order valence-corrected chi connectivity index (χ2v) is 8.12. The summed E-state index contributed by atoms with van der Waals surface area (Å²) in [7, 11) is 1.58. The van der Waals surface area contributed by atoms with E-state index in [1.165, 1.54) is 4.90 Å². The molecule has 6 nitrogen and oxygen atoms in total. The van der Waals surface area contributed by atoms with Crippen molar-refractivity contribution in [2.75, 3.05) is 13.7 Å². The first kappa shape index (κ1) is 20.1. The number of hydrogen-bond donors (Lipinski definition) is 1. The van der Waals surface area contributed by atoms with Gasteiger partial charge in [-0.3, -0.25) is 4.90 Å². The number of aliphatic carboxylic acids is 1. The Bertz CT molecular complexity index is 1160. The number of carboxylic acid groups (broad SMARTS) is 1. The van der Waals surface area contributed by atoms with Gasteiger partial charge in [0.25, 0.3) is 0 Å². The van der Waals surface area contributed by atoms with E-state index in [0.29, 0.717) is 5.75 Å². The molecule has 32 heavy (non-hydrogen) atoms. The number of carbonyl (C=O) groups is 2. The van der Waals surface area contributed by atoms with Crippen LogP contribution in [0.5, 0.6) is 5.75 Å². The standard InChI is InChI=1S/C26H23NO5/c1-31-18-11-10-16-13-24(25(28)29)27(14-17(16)12-18)26(30)32-15-23-21-8-4-2-6-19(21)20-7-3-5-9-22(20)23/h2-12,23-24H,13-15H2,1H3,(H,28,29)/t24-/m0/s1. The highest BCUT2D eigenvalue weighted by atomic mass is 16.6. The largest absolute Gasteiger partial charge is 0.497 e. The third kappa shape index (κ3) is 3.38. The number of hydrogen-bond acceptors (Lipinski definition) is 4. The lowest BCUT2D eigenvalue weighted by molar-refractivity contribution is -0.143. The molecule has 1 N–H and O–H groups in total. The molecule has 0 unspecified atom stereocenters. The van der Waals surface area contributed by atoms with Gasteiger partial charge in [-0.05, 0) is 45.5 Å². The van der Waals surface area contributed by atoms with Crippen molar-refractivity contribution in [2.45, 2.75) is 24.9 Å². The van der Waals surface area contributed by atoms with Crippen LogP contribution in [0.25, 0.3) is 11.1 Å². The fraction of sp³-hybridized carbons (Fsp3) is 0.231. The Kier molecular flexibility index (Phi) is 5.05. The summed E-state index contributed by atoms with van der Waals surface area (Å²) < 4.78 is 11.0. The highest BCUT2D eigenvalue weighted by Gasteiger charge is 2.37. The molecule has 3 aromatic carbocycles. The third-order valence-corrected chi connectivity index (χ3v) is 6.40. The van der Waals surface area contributed by atoms with Crippen LogP contribution in [-0.4, -0.2) is 41.8 Å². The molecule has 0 saturated carbocycles. The van der Waals surface area contributed by atoms with Crippen molar-refractivity contribution >= 4 is 12.1 Å². The predicted octanol–water partition coefficient (Wildman–Crippen LogP) is 4.46. The van der Waals surface area contributed by atoms with Gasteiger partial charge in [-0.1, -0.05) is 54.6 Å².